The summed E-state index contributed by atoms with van der Waals surface area (Å²) >= 11 is 0. The molecule has 1 N–H and O–H groups in total. The van der Waals surface area contributed by atoms with Crippen molar-refractivity contribution in [1.82, 2.24) is 4.98 Å². The van der Waals surface area contributed by atoms with Crippen LogP contribution in [0.25, 0.3) is 10.9 Å². The second-order valence-corrected chi connectivity index (χ2v) is 5.41. The molecule has 1 unspecified atom stereocenters. The number of benzene rings is 2. The van der Waals surface area contributed by atoms with E-state index >= 15 is 0 Å². The molecule has 0 aliphatic carbocycles. The number of hydrogen-bond donors (Lipinski definition) is 1. The number of anilines is 1. The first-order valence-electron chi connectivity index (χ1n) is 7.03. The van der Waals surface area contributed by atoms with Crippen molar-refractivity contribution in [3.05, 3.63) is 64.7 Å². The van der Waals surface area contributed by atoms with E-state index in [0.717, 1.165) is 22.2 Å². The fourth-order valence-electron chi connectivity index (χ4n) is 3.22. The minimum atomic E-state index is -0.513. The quantitative estimate of drug-likeness (QED) is 0.732. The third-order valence-electron chi connectivity index (χ3n) is 4.27. The Morgan fingerprint density at radius 2 is 1.82 bits per heavy atom. The maximum absolute atomic E-state index is 12.7. The summed E-state index contributed by atoms with van der Waals surface area (Å²) in [7, 11) is 1.75. The number of carbonyl (C=O) groups excluding carboxylic acids is 1. The van der Waals surface area contributed by atoms with Gasteiger partial charge in [0, 0.05) is 23.6 Å². The number of aromatic nitrogens is 1. The van der Waals surface area contributed by atoms with Crippen LogP contribution >= 0.6 is 0 Å². The molecule has 1 amide bonds. The van der Waals surface area contributed by atoms with Crippen LogP contribution in [0.15, 0.2) is 53.7 Å². The summed E-state index contributed by atoms with van der Waals surface area (Å²) in [5, 5.41) is 3.93. The molecule has 0 spiro atoms. The van der Waals surface area contributed by atoms with Crippen LogP contribution in [0.1, 0.15) is 17.2 Å². The molecule has 0 saturated heterocycles. The SMILES string of the molecule is CN1C(=O)C(c2[nH]c3ccccc3c2N=O)c2ccccc21. The van der Waals surface area contributed by atoms with Gasteiger partial charge in [0.05, 0.1) is 5.69 Å². The number of rotatable bonds is 2. The normalized spacial score (nSPS) is 17.0. The fourth-order valence-corrected chi connectivity index (χ4v) is 3.22. The molecular formula is C17H13N3O2. The van der Waals surface area contributed by atoms with E-state index in [0.29, 0.717) is 11.4 Å². The summed E-state index contributed by atoms with van der Waals surface area (Å²) in [4.78, 5) is 28.9. The van der Waals surface area contributed by atoms with Gasteiger partial charge in [-0.05, 0) is 22.9 Å². The highest BCUT2D eigenvalue weighted by atomic mass is 16.3. The number of amides is 1. The molecule has 5 nitrogen and oxygen atoms in total. The van der Waals surface area contributed by atoms with Gasteiger partial charge in [0.1, 0.15) is 11.6 Å². The lowest BCUT2D eigenvalue weighted by molar-refractivity contribution is -0.118. The first-order chi connectivity index (χ1) is 10.7. The zero-order valence-electron chi connectivity index (χ0n) is 11.9. The number of nitroso groups, excluding NO2 is 1. The minimum Gasteiger partial charge on any atom is -0.356 e. The molecule has 2 aromatic carbocycles. The Morgan fingerprint density at radius 1 is 1.09 bits per heavy atom. The highest BCUT2D eigenvalue weighted by Crippen LogP contribution is 2.44. The lowest BCUT2D eigenvalue weighted by Gasteiger charge is -2.10. The van der Waals surface area contributed by atoms with Gasteiger partial charge in [0.25, 0.3) is 0 Å². The predicted octanol–water partition coefficient (Wildman–Crippen LogP) is 3.67. The lowest BCUT2D eigenvalue weighted by Crippen LogP contribution is -2.24. The highest BCUT2D eigenvalue weighted by molar-refractivity contribution is 6.08. The van der Waals surface area contributed by atoms with Crippen molar-refractivity contribution in [1.29, 1.82) is 0 Å². The monoisotopic (exact) mass is 291 g/mol. The van der Waals surface area contributed by atoms with Gasteiger partial charge < -0.3 is 9.88 Å². The van der Waals surface area contributed by atoms with Gasteiger partial charge in [-0.2, -0.15) is 0 Å². The summed E-state index contributed by atoms with van der Waals surface area (Å²) in [5.41, 5.74) is 3.46. The molecule has 0 radical (unpaired) electrons. The molecule has 0 saturated carbocycles. The average Bonchev–Trinajstić information content (AvgIpc) is 3.03. The Kier molecular flexibility index (Phi) is 2.63. The standard InChI is InChI=1S/C17H13N3O2/c1-20-13-9-5-3-7-11(13)14(17(20)21)16-15(19-22)10-6-2-4-8-12(10)18-16/h2-9,14,18H,1H3. The fraction of sp³-hybridized carbons (Fsp3) is 0.118. The Morgan fingerprint density at radius 3 is 2.64 bits per heavy atom. The van der Waals surface area contributed by atoms with Gasteiger partial charge in [-0.3, -0.25) is 4.79 Å². The number of nitrogens with one attached hydrogen (secondary N) is 1. The molecule has 2 heterocycles. The van der Waals surface area contributed by atoms with Gasteiger partial charge in [-0.1, -0.05) is 36.4 Å². The van der Waals surface area contributed by atoms with Gasteiger partial charge in [-0.25, -0.2) is 0 Å². The molecule has 3 aromatic rings. The summed E-state index contributed by atoms with van der Waals surface area (Å²) in [6.45, 7) is 0. The van der Waals surface area contributed by atoms with Gasteiger partial charge >= 0.3 is 0 Å². The van der Waals surface area contributed by atoms with Crippen molar-refractivity contribution in [2.45, 2.75) is 5.92 Å². The topological polar surface area (TPSA) is 65.5 Å². The van der Waals surface area contributed by atoms with Crippen LogP contribution in [-0.2, 0) is 4.79 Å². The second-order valence-electron chi connectivity index (χ2n) is 5.41. The van der Waals surface area contributed by atoms with Crippen molar-refractivity contribution < 1.29 is 4.79 Å². The van der Waals surface area contributed by atoms with E-state index in [-0.39, 0.29) is 5.91 Å². The summed E-state index contributed by atoms with van der Waals surface area (Å²) < 4.78 is 0. The van der Waals surface area contributed by atoms with Gasteiger partial charge in [-0.15, -0.1) is 4.91 Å². The smallest absolute Gasteiger partial charge is 0.240 e. The van der Waals surface area contributed by atoms with E-state index in [9.17, 15) is 9.70 Å². The number of H-pyrrole nitrogens is 1. The Labute approximate surface area is 126 Å². The molecular weight excluding hydrogens is 278 g/mol. The van der Waals surface area contributed by atoms with E-state index in [4.69, 9.17) is 0 Å². The third-order valence-corrected chi connectivity index (χ3v) is 4.27. The van der Waals surface area contributed by atoms with Crippen LogP contribution in [0.4, 0.5) is 11.4 Å². The van der Waals surface area contributed by atoms with Crippen LogP contribution < -0.4 is 4.90 Å². The first kappa shape index (κ1) is 12.8. The van der Waals surface area contributed by atoms with Crippen LogP contribution in [0.3, 0.4) is 0 Å². The van der Waals surface area contributed by atoms with Crippen molar-refractivity contribution in [3.8, 4) is 0 Å². The molecule has 1 atom stereocenters. The van der Waals surface area contributed by atoms with E-state index in [2.05, 4.69) is 10.2 Å². The van der Waals surface area contributed by atoms with E-state index < -0.39 is 5.92 Å². The third kappa shape index (κ3) is 1.56. The van der Waals surface area contributed by atoms with Crippen molar-refractivity contribution in [2.75, 3.05) is 11.9 Å². The molecule has 0 fully saturated rings. The molecule has 22 heavy (non-hydrogen) atoms. The number of hydrogen-bond acceptors (Lipinski definition) is 3. The zero-order chi connectivity index (χ0) is 15.3. The lowest BCUT2D eigenvalue weighted by atomic mass is 9.96. The Bertz CT molecular complexity index is 913. The average molecular weight is 291 g/mol. The van der Waals surface area contributed by atoms with Crippen molar-refractivity contribution >= 4 is 28.2 Å². The number of para-hydroxylation sites is 2. The Hall–Kier alpha value is -2.95. The van der Waals surface area contributed by atoms with Crippen LogP contribution in [0.5, 0.6) is 0 Å². The van der Waals surface area contributed by atoms with Crippen LogP contribution in [-0.4, -0.2) is 17.9 Å². The summed E-state index contributed by atoms with van der Waals surface area (Å²) in [6, 6.07) is 15.1. The van der Waals surface area contributed by atoms with E-state index in [1.165, 1.54) is 0 Å². The molecule has 1 aliphatic heterocycles. The molecule has 0 bridgehead atoms. The highest BCUT2D eigenvalue weighted by Gasteiger charge is 2.38. The molecule has 1 aromatic heterocycles. The minimum absolute atomic E-state index is 0.0577. The van der Waals surface area contributed by atoms with Gasteiger partial charge in [0.15, 0.2) is 0 Å². The molecule has 108 valence electrons. The molecule has 4 rings (SSSR count). The largest absolute Gasteiger partial charge is 0.356 e. The van der Waals surface area contributed by atoms with Crippen molar-refractivity contribution in [2.24, 2.45) is 5.18 Å². The van der Waals surface area contributed by atoms with E-state index in [1.807, 2.05) is 48.5 Å². The second kappa shape index (κ2) is 4.53. The van der Waals surface area contributed by atoms with Gasteiger partial charge in [0.2, 0.25) is 5.91 Å². The number of likely N-dealkylation sites (N-methyl/N-ethyl adjacent to an activating group) is 1. The van der Waals surface area contributed by atoms with Crippen LogP contribution in [0, 0.1) is 4.91 Å². The molecule has 5 heteroatoms. The van der Waals surface area contributed by atoms with Crippen molar-refractivity contribution in [3.63, 3.8) is 0 Å². The number of fused-ring (bicyclic) bond motifs is 2. The van der Waals surface area contributed by atoms with E-state index in [1.54, 1.807) is 11.9 Å². The summed E-state index contributed by atoms with van der Waals surface area (Å²) in [5.74, 6) is -0.570. The maximum Gasteiger partial charge on any atom is 0.240 e. The van der Waals surface area contributed by atoms with Crippen LogP contribution in [0.2, 0.25) is 0 Å². The number of carbonyl (C=O) groups is 1. The zero-order valence-corrected chi connectivity index (χ0v) is 11.9. The summed E-state index contributed by atoms with van der Waals surface area (Å²) in [6.07, 6.45) is 0. The predicted molar refractivity (Wildman–Crippen MR) is 85.4 cm³/mol. The number of nitrogens with zero attached hydrogens (tertiary/aromatic N) is 2. The Balaban J connectivity index is 2.00. The molecule has 1 aliphatic rings. The maximum atomic E-state index is 12.7. The first-order valence-corrected chi connectivity index (χ1v) is 7.03. The number of aromatic amines is 1.